The van der Waals surface area contributed by atoms with Gasteiger partial charge in [-0.15, -0.1) is 0 Å². The van der Waals surface area contributed by atoms with Crippen LogP contribution < -0.4 is 21.6 Å². The number of anilines is 1. The van der Waals surface area contributed by atoms with Crippen molar-refractivity contribution in [2.75, 3.05) is 18.5 Å². The van der Waals surface area contributed by atoms with Gasteiger partial charge in [0.05, 0.1) is 19.2 Å². The van der Waals surface area contributed by atoms with Crippen LogP contribution in [0.25, 0.3) is 0 Å². The number of Topliss-reactive ketones (excluding diaryl/α,β-unsaturated/α-hetero) is 2. The lowest BCUT2D eigenvalue weighted by Gasteiger charge is -2.23. The lowest BCUT2D eigenvalue weighted by molar-refractivity contribution is -0.133. The maximum absolute atomic E-state index is 14.4. The van der Waals surface area contributed by atoms with E-state index < -0.39 is 72.4 Å². The molecule has 1 saturated heterocycles. The topological polar surface area (TPSA) is 206 Å². The second kappa shape index (κ2) is 20.9. The molecule has 1 aliphatic rings. The second-order valence-electron chi connectivity index (χ2n) is 12.5. The van der Waals surface area contributed by atoms with Gasteiger partial charge in [0.1, 0.15) is 18.0 Å². The Balaban J connectivity index is 0.00000867. The summed E-state index contributed by atoms with van der Waals surface area (Å²) in [5, 5.41) is 26.7. The van der Waals surface area contributed by atoms with Gasteiger partial charge in [-0.1, -0.05) is 58.2 Å². The van der Waals surface area contributed by atoms with Gasteiger partial charge < -0.3 is 30.9 Å². The molecule has 14 nitrogen and oxygen atoms in total. The van der Waals surface area contributed by atoms with Crippen molar-refractivity contribution < 1.29 is 49.4 Å². The summed E-state index contributed by atoms with van der Waals surface area (Å²) in [5.74, 6) is -3.43. The van der Waals surface area contributed by atoms with Crippen LogP contribution in [0.3, 0.4) is 0 Å². The molecule has 0 saturated carbocycles. The summed E-state index contributed by atoms with van der Waals surface area (Å²) in [7, 11) is 0. The fraction of sp³-hybridized carbons (Fsp3) is 0.514. The van der Waals surface area contributed by atoms with Crippen LogP contribution in [-0.2, 0) is 35.1 Å². The molecule has 16 heteroatoms. The Hall–Kier alpha value is -4.67. The Labute approximate surface area is 296 Å². The standard InChI is InChI=1S/C34H44FN5O9.CH4.FH.H2/c1-19(2)14-24(37-32(47)22(15-21-8-6-5-7-9-21)16-23(42)17-36-31(46)20(3)4)25(43)10-11-28(44)38-27-12-13-40(34(48)39-27)33-29(35)30(45)26(18-41)49-33;;;/h5-9,12-13,19,22,24,26,29-30,33,41,45H,3,10-11,14-18H2,1-2,4H3,(H,36,46)(H,37,47)(H,38,39,44,48);1H4;2*1H/t22?,24?,26-,29+,30?,33-;;;/m1.../s1. The monoisotopic (exact) mass is 723 g/mol. The van der Waals surface area contributed by atoms with Crippen molar-refractivity contribution in [1.82, 2.24) is 20.2 Å². The first kappa shape index (κ1) is 44.4. The molecule has 51 heavy (non-hydrogen) atoms. The molecule has 6 atom stereocenters. The van der Waals surface area contributed by atoms with Gasteiger partial charge in [-0.05, 0) is 37.3 Å². The number of aliphatic hydroxyl groups is 2. The van der Waals surface area contributed by atoms with E-state index in [1.54, 1.807) is 12.1 Å². The number of hydrogen-bond acceptors (Lipinski definition) is 10. The van der Waals surface area contributed by atoms with Crippen LogP contribution in [0.4, 0.5) is 14.9 Å². The Morgan fingerprint density at radius 3 is 2.35 bits per heavy atom. The lowest BCUT2D eigenvalue weighted by Crippen LogP contribution is -2.45. The minimum Gasteiger partial charge on any atom is -0.394 e. The summed E-state index contributed by atoms with van der Waals surface area (Å²) in [6.07, 6.45) is -5.49. The molecule has 1 fully saturated rings. The van der Waals surface area contributed by atoms with Crippen LogP contribution in [0, 0.1) is 11.8 Å². The number of aliphatic hydroxyl groups excluding tert-OH is 2. The van der Waals surface area contributed by atoms with E-state index in [1.807, 2.05) is 32.0 Å². The second-order valence-corrected chi connectivity index (χ2v) is 12.5. The fourth-order valence-electron chi connectivity index (χ4n) is 5.24. The van der Waals surface area contributed by atoms with E-state index in [-0.39, 0.29) is 75.3 Å². The van der Waals surface area contributed by atoms with Crippen molar-refractivity contribution in [3.8, 4) is 0 Å². The SMILES string of the molecule is C.C=C(C)C(=O)NCC(=O)CC(Cc1ccccc1)C(=O)NC(CC(C)C)C(=O)CCC(=O)Nc1ccn([C@@H]2O[C@H](CO)C(O)[C@@H]2F)c(=O)n1.F.[HH]. The number of hydrogen-bond donors (Lipinski definition) is 5. The number of nitrogens with zero attached hydrogens (tertiary/aromatic N) is 2. The number of nitrogens with one attached hydrogen (secondary N) is 3. The van der Waals surface area contributed by atoms with E-state index in [0.717, 1.165) is 16.3 Å². The van der Waals surface area contributed by atoms with Crippen LogP contribution in [0.15, 0.2) is 59.5 Å². The predicted molar refractivity (Wildman–Crippen MR) is 187 cm³/mol. The normalized spacial score (nSPS) is 19.1. The molecule has 3 unspecified atom stereocenters. The number of benzene rings is 1. The predicted octanol–water partition coefficient (Wildman–Crippen LogP) is 2.20. The molecule has 284 valence electrons. The highest BCUT2D eigenvalue weighted by atomic mass is 19.1. The quantitative estimate of drug-likeness (QED) is 0.142. The van der Waals surface area contributed by atoms with Crippen molar-refractivity contribution in [1.29, 1.82) is 0 Å². The van der Waals surface area contributed by atoms with Gasteiger partial charge in [0, 0.05) is 38.4 Å². The number of ketones is 2. The molecule has 1 aromatic carbocycles. The van der Waals surface area contributed by atoms with Gasteiger partial charge in [-0.25, -0.2) is 9.18 Å². The summed E-state index contributed by atoms with van der Waals surface area (Å²) in [5.41, 5.74) is 0.0651. The highest BCUT2D eigenvalue weighted by Crippen LogP contribution is 2.30. The van der Waals surface area contributed by atoms with Crippen LogP contribution >= 0.6 is 0 Å². The van der Waals surface area contributed by atoms with Gasteiger partial charge in [0.25, 0.3) is 0 Å². The third-order valence-corrected chi connectivity index (χ3v) is 7.86. The van der Waals surface area contributed by atoms with Crippen LogP contribution in [0.2, 0.25) is 0 Å². The van der Waals surface area contributed by atoms with E-state index in [9.17, 15) is 43.4 Å². The molecule has 2 heterocycles. The van der Waals surface area contributed by atoms with Crippen LogP contribution in [0.5, 0.6) is 0 Å². The molecule has 5 N–H and O–H groups in total. The van der Waals surface area contributed by atoms with E-state index in [4.69, 9.17) is 4.74 Å². The fourth-order valence-corrected chi connectivity index (χ4v) is 5.24. The van der Waals surface area contributed by atoms with Crippen LogP contribution in [-0.4, -0.2) is 86.6 Å². The van der Waals surface area contributed by atoms with E-state index in [2.05, 4.69) is 27.5 Å². The Morgan fingerprint density at radius 1 is 1.12 bits per heavy atom. The zero-order valence-corrected chi connectivity index (χ0v) is 28.2. The van der Waals surface area contributed by atoms with Crippen molar-refractivity contribution in [2.45, 2.75) is 91.0 Å². The number of alkyl halides is 1. The summed E-state index contributed by atoms with van der Waals surface area (Å²) in [6, 6.07) is 9.33. The molecule has 1 aromatic heterocycles. The minimum absolute atomic E-state index is 0. The van der Waals surface area contributed by atoms with Crippen LogP contribution in [0.1, 0.15) is 67.1 Å². The average Bonchev–Trinajstić information content (AvgIpc) is 3.34. The van der Waals surface area contributed by atoms with E-state index in [1.165, 1.54) is 13.0 Å². The number of aromatic nitrogens is 2. The van der Waals surface area contributed by atoms with Crippen molar-refractivity contribution in [2.24, 2.45) is 11.8 Å². The number of rotatable bonds is 18. The Bertz CT molecular complexity index is 1580. The molecule has 0 spiro atoms. The molecular formula is C35H51F2N5O9. The van der Waals surface area contributed by atoms with Gasteiger partial charge in [-0.2, -0.15) is 4.98 Å². The maximum Gasteiger partial charge on any atom is 0.351 e. The molecule has 3 rings (SSSR count). The molecule has 0 radical (unpaired) electrons. The lowest BCUT2D eigenvalue weighted by atomic mass is 9.91. The molecule has 2 aromatic rings. The summed E-state index contributed by atoms with van der Waals surface area (Å²) in [6.45, 7) is 7.85. The van der Waals surface area contributed by atoms with E-state index >= 15 is 0 Å². The first-order chi connectivity index (χ1) is 23.2. The van der Waals surface area contributed by atoms with Crippen molar-refractivity contribution >= 4 is 35.1 Å². The molecular weight excluding hydrogens is 672 g/mol. The van der Waals surface area contributed by atoms with Crippen molar-refractivity contribution in [3.05, 3.63) is 70.8 Å². The number of amides is 3. The molecule has 0 aliphatic carbocycles. The Morgan fingerprint density at radius 2 is 1.78 bits per heavy atom. The summed E-state index contributed by atoms with van der Waals surface area (Å²) >= 11 is 0. The van der Waals surface area contributed by atoms with Gasteiger partial charge in [0.15, 0.2) is 24.0 Å². The highest BCUT2D eigenvalue weighted by molar-refractivity contribution is 5.97. The zero-order valence-electron chi connectivity index (χ0n) is 28.2. The number of carbonyl (C=O) groups excluding carboxylic acids is 5. The number of halogens is 2. The number of carbonyl (C=O) groups is 5. The average molecular weight is 724 g/mol. The largest absolute Gasteiger partial charge is 0.394 e. The summed E-state index contributed by atoms with van der Waals surface area (Å²) in [4.78, 5) is 80.3. The van der Waals surface area contributed by atoms with E-state index in [0.29, 0.717) is 0 Å². The smallest absolute Gasteiger partial charge is 0.351 e. The third-order valence-electron chi connectivity index (χ3n) is 7.86. The van der Waals surface area contributed by atoms with Gasteiger partial charge in [0.2, 0.25) is 17.7 Å². The molecule has 0 bridgehead atoms. The highest BCUT2D eigenvalue weighted by Gasteiger charge is 2.45. The van der Waals surface area contributed by atoms with Gasteiger partial charge in [-0.3, -0.25) is 33.2 Å². The first-order valence-corrected chi connectivity index (χ1v) is 16.0. The first-order valence-electron chi connectivity index (χ1n) is 16.0. The zero-order chi connectivity index (χ0) is 36.2. The molecule has 3 amide bonds. The van der Waals surface area contributed by atoms with Crippen molar-refractivity contribution in [3.63, 3.8) is 0 Å². The minimum atomic E-state index is -1.99. The Kier molecular flexibility index (Phi) is 18.2. The molecule has 1 aliphatic heterocycles. The van der Waals surface area contributed by atoms with Gasteiger partial charge >= 0.3 is 5.69 Å². The third kappa shape index (κ3) is 13.2. The maximum atomic E-state index is 14.4. The number of ether oxygens (including phenoxy) is 1. The summed E-state index contributed by atoms with van der Waals surface area (Å²) < 4.78 is 20.4.